The maximum absolute atomic E-state index is 11.6. The number of nitrogens with one attached hydrogen (secondary N) is 1. The minimum atomic E-state index is -0.206. The molecule has 4 nitrogen and oxygen atoms in total. The molecule has 7 heteroatoms. The highest BCUT2D eigenvalue weighted by Gasteiger charge is 2.06. The highest BCUT2D eigenvalue weighted by molar-refractivity contribution is 7.11. The van der Waals surface area contributed by atoms with Crippen LogP contribution in [-0.2, 0) is 11.3 Å². The number of benzene rings is 1. The van der Waals surface area contributed by atoms with Crippen molar-refractivity contribution < 1.29 is 9.53 Å². The molecule has 0 aliphatic carbocycles. The minimum absolute atomic E-state index is 0.0737. The van der Waals surface area contributed by atoms with E-state index < -0.39 is 0 Å². The summed E-state index contributed by atoms with van der Waals surface area (Å²) in [5.74, 6) is 0.297. The second-order valence-electron chi connectivity index (χ2n) is 3.99. The van der Waals surface area contributed by atoms with Gasteiger partial charge in [-0.05, 0) is 19.1 Å². The molecule has 1 N–H and O–H groups in total. The van der Waals surface area contributed by atoms with Gasteiger partial charge < -0.3 is 10.1 Å². The van der Waals surface area contributed by atoms with Gasteiger partial charge in [0.2, 0.25) is 0 Å². The van der Waals surface area contributed by atoms with E-state index in [2.05, 4.69) is 10.3 Å². The molecule has 1 amide bonds. The summed E-state index contributed by atoms with van der Waals surface area (Å²) in [5.41, 5.74) is 0. The summed E-state index contributed by atoms with van der Waals surface area (Å²) >= 11 is 13.2. The molecule has 106 valence electrons. The molecular weight excluding hydrogens is 319 g/mol. The summed E-state index contributed by atoms with van der Waals surface area (Å²) in [6.45, 7) is 2.30. The van der Waals surface area contributed by atoms with E-state index in [1.54, 1.807) is 35.7 Å². The van der Waals surface area contributed by atoms with Gasteiger partial charge in [-0.2, -0.15) is 0 Å². The number of carbonyl (C=O) groups is 1. The largest absolute Gasteiger partial charge is 0.484 e. The lowest BCUT2D eigenvalue weighted by atomic mass is 10.3. The van der Waals surface area contributed by atoms with Crippen molar-refractivity contribution >= 4 is 40.4 Å². The number of thiazole rings is 1. The van der Waals surface area contributed by atoms with Gasteiger partial charge in [0.1, 0.15) is 5.75 Å². The molecule has 0 aliphatic heterocycles. The third kappa shape index (κ3) is 4.37. The average molecular weight is 331 g/mol. The summed E-state index contributed by atoms with van der Waals surface area (Å²) < 4.78 is 5.33. The van der Waals surface area contributed by atoms with Crippen LogP contribution in [0.2, 0.25) is 10.0 Å². The second kappa shape index (κ2) is 6.92. The van der Waals surface area contributed by atoms with Crippen LogP contribution in [0.3, 0.4) is 0 Å². The van der Waals surface area contributed by atoms with Crippen molar-refractivity contribution in [2.75, 3.05) is 6.61 Å². The molecule has 1 aromatic heterocycles. The number of amides is 1. The van der Waals surface area contributed by atoms with E-state index in [9.17, 15) is 4.79 Å². The van der Waals surface area contributed by atoms with Crippen molar-refractivity contribution in [2.45, 2.75) is 13.5 Å². The quantitative estimate of drug-likeness (QED) is 0.913. The lowest BCUT2D eigenvalue weighted by Gasteiger charge is -2.07. The molecule has 2 rings (SSSR count). The molecule has 2 aromatic rings. The van der Waals surface area contributed by atoms with Gasteiger partial charge in [0, 0.05) is 17.1 Å². The number of aryl methyl sites for hydroxylation is 1. The van der Waals surface area contributed by atoms with Crippen LogP contribution in [0.4, 0.5) is 0 Å². The zero-order valence-corrected chi connectivity index (χ0v) is 13.0. The Morgan fingerprint density at radius 1 is 1.40 bits per heavy atom. The zero-order valence-electron chi connectivity index (χ0n) is 10.7. The molecule has 20 heavy (non-hydrogen) atoms. The Balaban J connectivity index is 1.78. The van der Waals surface area contributed by atoms with E-state index in [0.29, 0.717) is 22.3 Å². The van der Waals surface area contributed by atoms with E-state index in [1.165, 1.54) is 0 Å². The smallest absolute Gasteiger partial charge is 0.258 e. The zero-order chi connectivity index (χ0) is 14.5. The third-order valence-electron chi connectivity index (χ3n) is 2.39. The molecule has 0 atom stereocenters. The third-order valence-corrected chi connectivity index (χ3v) is 4.04. The monoisotopic (exact) mass is 330 g/mol. The lowest BCUT2D eigenvalue weighted by molar-refractivity contribution is -0.123. The van der Waals surface area contributed by atoms with E-state index in [0.717, 1.165) is 9.88 Å². The fourth-order valence-corrected chi connectivity index (χ4v) is 2.46. The van der Waals surface area contributed by atoms with Crippen molar-refractivity contribution in [1.29, 1.82) is 0 Å². The molecule has 0 saturated heterocycles. The van der Waals surface area contributed by atoms with Gasteiger partial charge in [0.25, 0.3) is 5.91 Å². The van der Waals surface area contributed by atoms with Crippen LogP contribution in [0, 0.1) is 6.92 Å². The van der Waals surface area contributed by atoms with Crippen molar-refractivity contribution in [3.8, 4) is 5.75 Å². The number of aromatic nitrogens is 1. The summed E-state index contributed by atoms with van der Waals surface area (Å²) in [5, 5.41) is 4.57. The molecule has 0 unspecified atom stereocenters. The van der Waals surface area contributed by atoms with Crippen molar-refractivity contribution in [3.05, 3.63) is 44.3 Å². The Bertz CT molecular complexity index is 616. The number of nitrogens with zero attached hydrogens (tertiary/aromatic N) is 1. The number of hydrogen-bond donors (Lipinski definition) is 1. The predicted molar refractivity (Wildman–Crippen MR) is 80.7 cm³/mol. The maximum atomic E-state index is 11.6. The number of ether oxygens (including phenoxy) is 1. The highest BCUT2D eigenvalue weighted by Crippen LogP contribution is 2.26. The maximum Gasteiger partial charge on any atom is 0.258 e. The Kier molecular flexibility index (Phi) is 5.23. The van der Waals surface area contributed by atoms with Crippen LogP contribution in [0.1, 0.15) is 9.88 Å². The topological polar surface area (TPSA) is 51.2 Å². The molecule has 0 spiro atoms. The summed E-state index contributed by atoms with van der Waals surface area (Å²) in [4.78, 5) is 16.8. The van der Waals surface area contributed by atoms with Crippen molar-refractivity contribution in [1.82, 2.24) is 10.3 Å². The van der Waals surface area contributed by atoms with Crippen molar-refractivity contribution in [2.24, 2.45) is 0 Å². The number of rotatable bonds is 5. The Labute approximate surface area is 130 Å². The molecule has 0 radical (unpaired) electrons. The molecule has 0 saturated carbocycles. The fourth-order valence-electron chi connectivity index (χ4n) is 1.44. The average Bonchev–Trinajstić information content (AvgIpc) is 2.83. The second-order valence-corrected chi connectivity index (χ2v) is 6.12. The first kappa shape index (κ1) is 15.1. The van der Waals surface area contributed by atoms with Gasteiger partial charge in [0.15, 0.2) is 6.61 Å². The van der Waals surface area contributed by atoms with E-state index in [4.69, 9.17) is 27.9 Å². The van der Waals surface area contributed by atoms with Gasteiger partial charge >= 0.3 is 0 Å². The molecule has 1 heterocycles. The Morgan fingerprint density at radius 3 is 2.85 bits per heavy atom. The van der Waals surface area contributed by atoms with E-state index >= 15 is 0 Å². The van der Waals surface area contributed by atoms with Gasteiger partial charge in [-0.3, -0.25) is 4.79 Å². The van der Waals surface area contributed by atoms with Crippen LogP contribution in [0.5, 0.6) is 5.75 Å². The highest BCUT2D eigenvalue weighted by atomic mass is 35.5. The number of carbonyl (C=O) groups excluding carboxylic acids is 1. The first-order valence-corrected chi connectivity index (χ1v) is 7.37. The van der Waals surface area contributed by atoms with Gasteiger partial charge in [0.05, 0.1) is 21.6 Å². The van der Waals surface area contributed by atoms with Crippen LogP contribution in [0.25, 0.3) is 0 Å². The molecule has 0 aliphatic rings. The molecular formula is C13H12Cl2N2O2S. The predicted octanol–water partition coefficient (Wildman–Crippen LogP) is 3.45. The van der Waals surface area contributed by atoms with Gasteiger partial charge in [-0.1, -0.05) is 23.2 Å². The van der Waals surface area contributed by atoms with E-state index in [1.807, 2.05) is 6.92 Å². The minimum Gasteiger partial charge on any atom is -0.484 e. The molecule has 0 fully saturated rings. The van der Waals surface area contributed by atoms with Crippen LogP contribution in [-0.4, -0.2) is 17.5 Å². The summed E-state index contributed by atoms with van der Waals surface area (Å²) in [6.07, 6.45) is 1.75. The van der Waals surface area contributed by atoms with Crippen LogP contribution in [0.15, 0.2) is 24.4 Å². The molecule has 0 bridgehead atoms. The number of hydrogen-bond acceptors (Lipinski definition) is 4. The van der Waals surface area contributed by atoms with Crippen molar-refractivity contribution in [3.63, 3.8) is 0 Å². The number of halogens is 2. The SMILES string of the molecule is Cc1ncc(CNC(=O)COc2ccc(Cl)c(Cl)c2)s1. The van der Waals surface area contributed by atoms with Crippen LogP contribution < -0.4 is 10.1 Å². The lowest BCUT2D eigenvalue weighted by Crippen LogP contribution is -2.28. The normalized spacial score (nSPS) is 10.3. The Morgan fingerprint density at radius 2 is 2.20 bits per heavy atom. The fraction of sp³-hybridized carbons (Fsp3) is 0.231. The van der Waals surface area contributed by atoms with Gasteiger partial charge in [-0.25, -0.2) is 4.98 Å². The Hall–Kier alpha value is -1.30. The summed E-state index contributed by atoms with van der Waals surface area (Å²) in [7, 11) is 0. The van der Waals surface area contributed by atoms with Gasteiger partial charge in [-0.15, -0.1) is 11.3 Å². The molecule has 1 aromatic carbocycles. The first-order valence-electron chi connectivity index (χ1n) is 5.80. The standard InChI is InChI=1S/C13H12Cl2N2O2S/c1-8-16-5-10(20-8)6-17-13(18)7-19-9-2-3-11(14)12(15)4-9/h2-5H,6-7H2,1H3,(H,17,18). The van der Waals surface area contributed by atoms with Crippen LogP contribution >= 0.6 is 34.5 Å². The van der Waals surface area contributed by atoms with E-state index in [-0.39, 0.29) is 12.5 Å². The first-order chi connectivity index (χ1) is 9.54. The summed E-state index contributed by atoms with van der Waals surface area (Å²) in [6, 6.07) is 4.86.